The highest BCUT2D eigenvalue weighted by molar-refractivity contribution is 6.11. The topological polar surface area (TPSA) is 59.8 Å². The molecule has 5 nitrogen and oxygen atoms in total. The van der Waals surface area contributed by atoms with Crippen molar-refractivity contribution in [3.8, 4) is 0 Å². The van der Waals surface area contributed by atoms with Gasteiger partial charge in [-0.25, -0.2) is 14.1 Å². The quantitative estimate of drug-likeness (QED) is 0.368. The molecular formula is C22H13F7N4O. The Morgan fingerprint density at radius 1 is 0.941 bits per heavy atom. The van der Waals surface area contributed by atoms with Gasteiger partial charge in [-0.3, -0.25) is 4.79 Å². The Balaban J connectivity index is 1.73. The highest BCUT2D eigenvalue weighted by atomic mass is 19.4. The predicted molar refractivity (Wildman–Crippen MR) is 107 cm³/mol. The fraction of sp³-hybridized carbons (Fsp3) is 0.136. The van der Waals surface area contributed by atoms with Crippen molar-refractivity contribution in [2.24, 2.45) is 0 Å². The number of carbonyl (C=O) groups excluding carboxylic acids is 1. The first kappa shape index (κ1) is 23.2. The van der Waals surface area contributed by atoms with Crippen LogP contribution in [0.2, 0.25) is 0 Å². The van der Waals surface area contributed by atoms with E-state index >= 15 is 0 Å². The summed E-state index contributed by atoms with van der Waals surface area (Å²) in [5.74, 6) is -1.62. The number of alkyl halides is 6. The molecule has 0 aliphatic rings. The maximum Gasteiger partial charge on any atom is 0.418 e. The van der Waals surface area contributed by atoms with E-state index in [-0.39, 0.29) is 41.5 Å². The van der Waals surface area contributed by atoms with Gasteiger partial charge in [0, 0.05) is 6.20 Å². The van der Waals surface area contributed by atoms with Crippen LogP contribution in [-0.4, -0.2) is 20.7 Å². The number of carbonyl (C=O) groups is 1. The minimum Gasteiger partial charge on any atom is -0.320 e. The molecule has 0 atom stereocenters. The number of hydrogen-bond donors (Lipinski definition) is 1. The molecule has 2 aromatic carbocycles. The number of amides is 1. The lowest BCUT2D eigenvalue weighted by Gasteiger charge is -2.16. The highest BCUT2D eigenvalue weighted by Crippen LogP contribution is 2.39. The summed E-state index contributed by atoms with van der Waals surface area (Å²) >= 11 is 0. The number of aromatic nitrogens is 3. The molecule has 2 heterocycles. The molecule has 1 N–H and O–H groups in total. The van der Waals surface area contributed by atoms with E-state index in [9.17, 15) is 35.5 Å². The van der Waals surface area contributed by atoms with Crippen LogP contribution < -0.4 is 5.32 Å². The number of rotatable bonds is 4. The fourth-order valence-electron chi connectivity index (χ4n) is 3.30. The molecule has 34 heavy (non-hydrogen) atoms. The molecule has 0 fully saturated rings. The summed E-state index contributed by atoms with van der Waals surface area (Å²) in [5.41, 5.74) is -3.39. The van der Waals surface area contributed by atoms with Gasteiger partial charge in [-0.15, -0.1) is 0 Å². The van der Waals surface area contributed by atoms with Crippen molar-refractivity contribution in [3.63, 3.8) is 0 Å². The Bertz CT molecular complexity index is 1360. The van der Waals surface area contributed by atoms with Crippen LogP contribution in [0.4, 0.5) is 36.4 Å². The van der Waals surface area contributed by atoms with Gasteiger partial charge in [0.15, 0.2) is 11.3 Å². The maximum absolute atomic E-state index is 13.4. The smallest absolute Gasteiger partial charge is 0.320 e. The summed E-state index contributed by atoms with van der Waals surface area (Å²) < 4.78 is 93.7. The Labute approximate surface area is 186 Å². The molecule has 0 radical (unpaired) electrons. The number of pyridine rings is 1. The molecule has 0 spiro atoms. The summed E-state index contributed by atoms with van der Waals surface area (Å²) in [6.45, 7) is 0.0540. The van der Waals surface area contributed by atoms with Crippen molar-refractivity contribution in [3.05, 3.63) is 89.0 Å². The Kier molecular flexibility index (Phi) is 5.75. The molecule has 4 aromatic rings. The molecular weight excluding hydrogens is 469 g/mol. The van der Waals surface area contributed by atoms with Crippen LogP contribution in [0.3, 0.4) is 0 Å². The van der Waals surface area contributed by atoms with Gasteiger partial charge in [0.05, 0.1) is 28.7 Å². The molecule has 4 rings (SSSR count). The monoisotopic (exact) mass is 482 g/mol. The SMILES string of the molecule is O=C(Nc1cc(C(F)(F)F)ccc1C(F)(F)F)c1nn(Cc2ccc(F)cc2)c2ncccc12. The summed E-state index contributed by atoms with van der Waals surface area (Å²) in [4.78, 5) is 17.0. The molecule has 0 aliphatic carbocycles. The maximum atomic E-state index is 13.4. The molecule has 12 heteroatoms. The molecule has 176 valence electrons. The van der Waals surface area contributed by atoms with Crippen LogP contribution in [0.25, 0.3) is 11.0 Å². The Morgan fingerprint density at radius 2 is 1.65 bits per heavy atom. The van der Waals surface area contributed by atoms with Gasteiger partial charge in [-0.05, 0) is 48.0 Å². The van der Waals surface area contributed by atoms with Gasteiger partial charge in [-0.1, -0.05) is 12.1 Å². The second-order valence-corrected chi connectivity index (χ2v) is 7.22. The number of hydrogen-bond acceptors (Lipinski definition) is 3. The molecule has 0 saturated carbocycles. The first-order valence-corrected chi connectivity index (χ1v) is 9.59. The van der Waals surface area contributed by atoms with Gasteiger partial charge in [0.1, 0.15) is 5.82 Å². The van der Waals surface area contributed by atoms with Crippen molar-refractivity contribution < 1.29 is 35.5 Å². The fourth-order valence-corrected chi connectivity index (χ4v) is 3.30. The summed E-state index contributed by atoms with van der Waals surface area (Å²) in [6, 6.07) is 9.06. The normalized spacial score (nSPS) is 12.2. The van der Waals surface area contributed by atoms with Gasteiger partial charge in [-0.2, -0.15) is 31.4 Å². The number of nitrogens with zero attached hydrogens (tertiary/aromatic N) is 3. The first-order chi connectivity index (χ1) is 15.9. The van der Waals surface area contributed by atoms with Gasteiger partial charge < -0.3 is 5.32 Å². The Morgan fingerprint density at radius 3 is 2.29 bits per heavy atom. The summed E-state index contributed by atoms with van der Waals surface area (Å²) in [7, 11) is 0. The van der Waals surface area contributed by atoms with Crippen LogP contribution in [0.1, 0.15) is 27.2 Å². The third-order valence-corrected chi connectivity index (χ3v) is 4.87. The highest BCUT2D eigenvalue weighted by Gasteiger charge is 2.37. The zero-order chi connectivity index (χ0) is 24.7. The minimum absolute atomic E-state index is 0.0540. The largest absolute Gasteiger partial charge is 0.418 e. The van der Waals surface area contributed by atoms with E-state index in [0.29, 0.717) is 5.56 Å². The van der Waals surface area contributed by atoms with Gasteiger partial charge in [0.2, 0.25) is 0 Å². The van der Waals surface area contributed by atoms with Crippen LogP contribution in [0, 0.1) is 5.82 Å². The lowest BCUT2D eigenvalue weighted by Crippen LogP contribution is -2.19. The molecule has 0 saturated heterocycles. The first-order valence-electron chi connectivity index (χ1n) is 9.59. The molecule has 0 aliphatic heterocycles. The third kappa shape index (κ3) is 4.70. The van der Waals surface area contributed by atoms with E-state index in [2.05, 4.69) is 10.1 Å². The van der Waals surface area contributed by atoms with Crippen LogP contribution in [-0.2, 0) is 18.9 Å². The van der Waals surface area contributed by atoms with Gasteiger partial charge in [0.25, 0.3) is 5.91 Å². The van der Waals surface area contributed by atoms with E-state index in [0.717, 1.165) is 0 Å². The van der Waals surface area contributed by atoms with Crippen LogP contribution in [0.5, 0.6) is 0 Å². The zero-order valence-electron chi connectivity index (χ0n) is 16.9. The standard InChI is InChI=1S/C22H13F7N4O/c23-14-6-3-12(4-7-14)11-33-19-15(2-1-9-30-19)18(32-33)20(34)31-17-10-13(21(24,25)26)5-8-16(17)22(27,28)29/h1-10H,11H2,(H,31,34). The molecule has 0 bridgehead atoms. The van der Waals surface area contributed by atoms with Gasteiger partial charge >= 0.3 is 12.4 Å². The average Bonchev–Trinajstić information content (AvgIpc) is 3.12. The lowest BCUT2D eigenvalue weighted by atomic mass is 10.1. The lowest BCUT2D eigenvalue weighted by molar-refractivity contribution is -0.140. The van der Waals surface area contributed by atoms with E-state index in [1.807, 2.05) is 5.32 Å². The van der Waals surface area contributed by atoms with E-state index < -0.39 is 40.9 Å². The van der Waals surface area contributed by atoms with E-state index in [1.165, 1.54) is 47.3 Å². The summed E-state index contributed by atoms with van der Waals surface area (Å²) in [5, 5.41) is 6.19. The second-order valence-electron chi connectivity index (χ2n) is 7.22. The molecule has 2 aromatic heterocycles. The Hall–Kier alpha value is -3.96. The predicted octanol–water partition coefficient (Wildman–Crippen LogP) is 5.91. The van der Waals surface area contributed by atoms with Crippen molar-refractivity contribution in [2.45, 2.75) is 18.9 Å². The van der Waals surface area contributed by atoms with Crippen molar-refractivity contribution in [2.75, 3.05) is 5.32 Å². The van der Waals surface area contributed by atoms with Crippen LogP contribution >= 0.6 is 0 Å². The second kappa shape index (κ2) is 8.43. The average molecular weight is 482 g/mol. The van der Waals surface area contributed by atoms with Crippen molar-refractivity contribution in [1.29, 1.82) is 0 Å². The number of fused-ring (bicyclic) bond motifs is 1. The van der Waals surface area contributed by atoms with Crippen molar-refractivity contribution in [1.82, 2.24) is 14.8 Å². The van der Waals surface area contributed by atoms with E-state index in [1.54, 1.807) is 0 Å². The minimum atomic E-state index is -5.02. The third-order valence-electron chi connectivity index (χ3n) is 4.87. The van der Waals surface area contributed by atoms with Crippen molar-refractivity contribution >= 4 is 22.6 Å². The number of benzene rings is 2. The number of halogens is 7. The molecule has 1 amide bonds. The number of nitrogens with one attached hydrogen (secondary N) is 1. The van der Waals surface area contributed by atoms with Crippen LogP contribution in [0.15, 0.2) is 60.8 Å². The number of anilines is 1. The van der Waals surface area contributed by atoms with E-state index in [4.69, 9.17) is 0 Å². The zero-order valence-corrected chi connectivity index (χ0v) is 16.9. The molecule has 0 unspecified atom stereocenters. The summed E-state index contributed by atoms with van der Waals surface area (Å²) in [6.07, 6.45) is -8.53.